The van der Waals surface area contributed by atoms with E-state index in [9.17, 15) is 19.6 Å². The van der Waals surface area contributed by atoms with Gasteiger partial charge in [0.2, 0.25) is 0 Å². The Labute approximate surface area is 176 Å². The first-order valence-electron chi connectivity index (χ1n) is 9.02. The van der Waals surface area contributed by atoms with Gasteiger partial charge in [0.1, 0.15) is 4.33 Å². The minimum atomic E-state index is -1.27. The van der Waals surface area contributed by atoms with Crippen LogP contribution >= 0.6 is 23.2 Å². The van der Waals surface area contributed by atoms with E-state index in [1.165, 1.54) is 21.1 Å². The zero-order valence-electron chi connectivity index (χ0n) is 17.0. The van der Waals surface area contributed by atoms with Crippen molar-refractivity contribution in [1.82, 2.24) is 0 Å². The summed E-state index contributed by atoms with van der Waals surface area (Å²) in [5, 5.41) is 18.6. The molecule has 160 valence electrons. The van der Waals surface area contributed by atoms with E-state index in [0.717, 1.165) is 0 Å². The van der Waals surface area contributed by atoms with E-state index in [1.807, 2.05) is 0 Å². The SMILES string of the molecule is CCC(Cl)(Cl)CC(C)(C(=O)OC)C(CC(=O)OC)CC(C#N)CC(C)C(=O)O. The third kappa shape index (κ3) is 7.84. The smallest absolute Gasteiger partial charge is 0.311 e. The molecule has 0 spiro atoms. The first-order valence-corrected chi connectivity index (χ1v) is 9.77. The molecule has 0 saturated carbocycles. The second kappa shape index (κ2) is 11.5. The summed E-state index contributed by atoms with van der Waals surface area (Å²) in [7, 11) is 2.45. The van der Waals surface area contributed by atoms with E-state index >= 15 is 0 Å². The summed E-state index contributed by atoms with van der Waals surface area (Å²) in [6, 6.07) is 2.08. The molecule has 7 nitrogen and oxygen atoms in total. The Morgan fingerprint density at radius 3 is 2.14 bits per heavy atom. The van der Waals surface area contributed by atoms with Gasteiger partial charge in [-0.1, -0.05) is 13.8 Å². The lowest BCUT2D eigenvalue weighted by molar-refractivity contribution is -0.159. The molecule has 28 heavy (non-hydrogen) atoms. The lowest BCUT2D eigenvalue weighted by Crippen LogP contribution is -2.43. The number of carbonyl (C=O) groups excluding carboxylic acids is 2. The van der Waals surface area contributed by atoms with E-state index in [4.69, 9.17) is 37.8 Å². The number of hydrogen-bond donors (Lipinski definition) is 1. The molecule has 4 unspecified atom stereocenters. The van der Waals surface area contributed by atoms with E-state index < -0.39 is 45.4 Å². The predicted molar refractivity (Wildman–Crippen MR) is 105 cm³/mol. The molecule has 0 aromatic heterocycles. The molecule has 0 amide bonds. The Morgan fingerprint density at radius 2 is 1.75 bits per heavy atom. The molecule has 0 aromatic carbocycles. The molecule has 0 rings (SSSR count). The number of halogens is 2. The zero-order chi connectivity index (χ0) is 22.1. The van der Waals surface area contributed by atoms with Crippen molar-refractivity contribution in [2.75, 3.05) is 14.2 Å². The first kappa shape index (κ1) is 26.5. The number of hydrogen-bond acceptors (Lipinski definition) is 6. The molecule has 9 heteroatoms. The summed E-state index contributed by atoms with van der Waals surface area (Å²) < 4.78 is 8.46. The van der Waals surface area contributed by atoms with Crippen molar-refractivity contribution in [3.8, 4) is 6.07 Å². The number of carboxylic acid groups (broad SMARTS) is 1. The second-order valence-corrected chi connectivity index (χ2v) is 8.95. The van der Waals surface area contributed by atoms with Crippen LogP contribution in [-0.2, 0) is 23.9 Å². The van der Waals surface area contributed by atoms with Gasteiger partial charge in [-0.15, -0.1) is 23.2 Å². The molecule has 0 saturated heterocycles. The van der Waals surface area contributed by atoms with Crippen molar-refractivity contribution in [2.45, 2.75) is 57.2 Å². The summed E-state index contributed by atoms with van der Waals surface area (Å²) in [6.07, 6.45) is 0.380. The average Bonchev–Trinajstić information content (AvgIpc) is 2.64. The van der Waals surface area contributed by atoms with Crippen LogP contribution in [-0.4, -0.2) is 41.6 Å². The van der Waals surface area contributed by atoms with E-state index in [0.29, 0.717) is 6.42 Å². The number of rotatable bonds is 12. The number of methoxy groups -OCH3 is 2. The van der Waals surface area contributed by atoms with Crippen LogP contribution in [0.3, 0.4) is 0 Å². The van der Waals surface area contributed by atoms with Gasteiger partial charge in [-0.3, -0.25) is 14.4 Å². The van der Waals surface area contributed by atoms with E-state index in [2.05, 4.69) is 6.07 Å². The highest BCUT2D eigenvalue weighted by atomic mass is 35.5. The van der Waals surface area contributed by atoms with Crippen molar-refractivity contribution in [3.05, 3.63) is 0 Å². The van der Waals surface area contributed by atoms with Crippen LogP contribution in [0.5, 0.6) is 0 Å². The molecule has 0 aliphatic heterocycles. The summed E-state index contributed by atoms with van der Waals surface area (Å²) in [5.74, 6) is -4.30. The average molecular weight is 438 g/mol. The van der Waals surface area contributed by atoms with Gasteiger partial charge in [0.25, 0.3) is 0 Å². The van der Waals surface area contributed by atoms with Crippen molar-refractivity contribution >= 4 is 41.1 Å². The van der Waals surface area contributed by atoms with Gasteiger partial charge < -0.3 is 14.6 Å². The Balaban J connectivity index is 5.96. The molecule has 0 heterocycles. The maximum Gasteiger partial charge on any atom is 0.311 e. The van der Waals surface area contributed by atoms with E-state index in [-0.39, 0.29) is 25.7 Å². The van der Waals surface area contributed by atoms with Crippen molar-refractivity contribution < 1.29 is 29.0 Å². The monoisotopic (exact) mass is 437 g/mol. The largest absolute Gasteiger partial charge is 0.481 e. The molecule has 0 aromatic rings. The van der Waals surface area contributed by atoms with Gasteiger partial charge >= 0.3 is 17.9 Å². The quantitative estimate of drug-likeness (QED) is 0.362. The Morgan fingerprint density at radius 1 is 1.18 bits per heavy atom. The summed E-state index contributed by atoms with van der Waals surface area (Å²) >= 11 is 12.6. The number of nitriles is 1. The first-order chi connectivity index (χ1) is 12.9. The van der Waals surface area contributed by atoms with Crippen LogP contribution in [0.25, 0.3) is 0 Å². The molecular weight excluding hydrogens is 409 g/mol. The fraction of sp³-hybridized carbons (Fsp3) is 0.789. The highest BCUT2D eigenvalue weighted by molar-refractivity contribution is 6.48. The minimum absolute atomic E-state index is 0.000574. The molecule has 0 aliphatic rings. The van der Waals surface area contributed by atoms with Gasteiger partial charge in [0, 0.05) is 12.3 Å². The number of alkyl halides is 2. The number of aliphatic carboxylic acids is 1. The number of ether oxygens (including phenoxy) is 2. The Kier molecular flexibility index (Phi) is 10.9. The van der Waals surface area contributed by atoms with Crippen molar-refractivity contribution in [3.63, 3.8) is 0 Å². The highest BCUT2D eigenvalue weighted by Crippen LogP contribution is 2.47. The third-order valence-electron chi connectivity index (χ3n) is 5.15. The van der Waals surface area contributed by atoms with Crippen LogP contribution in [0.15, 0.2) is 0 Å². The molecule has 4 atom stereocenters. The molecule has 0 fully saturated rings. The van der Waals surface area contributed by atoms with E-state index in [1.54, 1.807) is 13.8 Å². The lowest BCUT2D eigenvalue weighted by Gasteiger charge is -2.39. The Hall–Kier alpha value is -1.52. The van der Waals surface area contributed by atoms with Crippen LogP contribution < -0.4 is 0 Å². The van der Waals surface area contributed by atoms with Crippen molar-refractivity contribution in [1.29, 1.82) is 5.26 Å². The molecular formula is C19H29Cl2NO6. The Bertz CT molecular complexity index is 604. The number of esters is 2. The van der Waals surface area contributed by atoms with Crippen LogP contribution in [0.2, 0.25) is 0 Å². The molecule has 0 radical (unpaired) electrons. The number of carbonyl (C=O) groups is 3. The number of carboxylic acids is 1. The third-order valence-corrected chi connectivity index (χ3v) is 5.95. The van der Waals surface area contributed by atoms with Crippen molar-refractivity contribution in [2.24, 2.45) is 23.2 Å². The summed E-state index contributed by atoms with van der Waals surface area (Å²) in [5.41, 5.74) is -1.27. The normalized spacial score (nSPS) is 16.8. The van der Waals surface area contributed by atoms with Gasteiger partial charge in [0.05, 0.1) is 31.6 Å². The number of nitrogens with zero attached hydrogens (tertiary/aromatic N) is 1. The standard InChI is InChI=1S/C19H29Cl2NO6/c1-6-19(20,21)11-18(3,17(26)28-5)14(9-15(23)27-4)8-13(10-22)7-12(2)16(24)25/h12-14H,6-9,11H2,1-5H3,(H,24,25). The molecule has 0 aliphatic carbocycles. The molecule has 1 N–H and O–H groups in total. The fourth-order valence-electron chi connectivity index (χ4n) is 3.20. The summed E-state index contributed by atoms with van der Waals surface area (Å²) in [6.45, 7) is 4.86. The maximum absolute atomic E-state index is 12.7. The lowest BCUT2D eigenvalue weighted by atomic mass is 9.67. The minimum Gasteiger partial charge on any atom is -0.481 e. The molecule has 0 bridgehead atoms. The topological polar surface area (TPSA) is 114 Å². The van der Waals surface area contributed by atoms with Gasteiger partial charge in [0.15, 0.2) is 0 Å². The zero-order valence-corrected chi connectivity index (χ0v) is 18.5. The van der Waals surface area contributed by atoms with Gasteiger partial charge in [-0.2, -0.15) is 5.26 Å². The van der Waals surface area contributed by atoms with Crippen LogP contribution in [0.4, 0.5) is 0 Å². The van der Waals surface area contributed by atoms with Gasteiger partial charge in [-0.25, -0.2) is 0 Å². The summed E-state index contributed by atoms with van der Waals surface area (Å²) in [4.78, 5) is 35.8. The highest BCUT2D eigenvalue weighted by Gasteiger charge is 2.48. The maximum atomic E-state index is 12.7. The van der Waals surface area contributed by atoms with Gasteiger partial charge in [-0.05, 0) is 38.5 Å². The predicted octanol–water partition coefficient (Wildman–Crippen LogP) is 3.96. The second-order valence-electron chi connectivity index (χ2n) is 7.31. The fourth-order valence-corrected chi connectivity index (χ4v) is 3.76. The van der Waals surface area contributed by atoms with Crippen LogP contribution in [0.1, 0.15) is 52.9 Å². The van der Waals surface area contributed by atoms with Crippen LogP contribution in [0, 0.1) is 34.5 Å².